The Kier molecular flexibility index (Phi) is 4.12. The lowest BCUT2D eigenvalue weighted by Gasteiger charge is -2.03. The molecule has 0 atom stereocenters. The van der Waals surface area contributed by atoms with Crippen molar-refractivity contribution >= 4 is 25.9 Å². The summed E-state index contributed by atoms with van der Waals surface area (Å²) in [6.07, 6.45) is 1.61. The van der Waals surface area contributed by atoms with E-state index >= 15 is 0 Å². The van der Waals surface area contributed by atoms with Crippen LogP contribution in [0.5, 0.6) is 0 Å². The van der Waals surface area contributed by atoms with Gasteiger partial charge in [0, 0.05) is 6.26 Å². The Balaban J connectivity index is 2.79. The van der Waals surface area contributed by atoms with E-state index in [-0.39, 0.29) is 11.3 Å². The zero-order valence-electron chi connectivity index (χ0n) is 9.78. The third-order valence-electron chi connectivity index (χ3n) is 1.94. The molecule has 1 aromatic carbocycles. The van der Waals surface area contributed by atoms with Crippen molar-refractivity contribution in [3.8, 4) is 0 Å². The van der Waals surface area contributed by atoms with E-state index in [1.54, 1.807) is 0 Å². The van der Waals surface area contributed by atoms with Crippen LogP contribution in [0.2, 0.25) is 0 Å². The Morgan fingerprint density at radius 1 is 1.06 bits per heavy atom. The van der Waals surface area contributed by atoms with Gasteiger partial charge in [0.2, 0.25) is 0 Å². The molecule has 0 spiro atoms. The lowest BCUT2D eigenvalue weighted by Crippen LogP contribution is -2.13. The van der Waals surface area contributed by atoms with E-state index in [1.807, 2.05) is 0 Å². The number of hydrogen-bond acceptors (Lipinski definition) is 6. The minimum Gasteiger partial charge on any atom is -0.345 e. The molecule has 0 fully saturated rings. The van der Waals surface area contributed by atoms with Gasteiger partial charge < -0.3 is 4.18 Å². The van der Waals surface area contributed by atoms with Crippen LogP contribution in [0.4, 0.5) is 0 Å². The molecule has 6 nitrogen and oxygen atoms in total. The molecule has 18 heavy (non-hydrogen) atoms. The Morgan fingerprint density at radius 3 is 1.94 bits per heavy atom. The summed E-state index contributed by atoms with van der Waals surface area (Å²) in [7, 11) is -7.11. The van der Waals surface area contributed by atoms with Crippen molar-refractivity contribution in [2.45, 2.75) is 11.3 Å². The highest BCUT2D eigenvalue weighted by Gasteiger charge is 2.12. The van der Waals surface area contributed by atoms with Crippen LogP contribution < -0.4 is 0 Å². The monoisotopic (exact) mass is 292 g/mol. The molecule has 0 aliphatic carbocycles. The highest BCUT2D eigenvalue weighted by atomic mass is 32.2. The number of carbonyl (C=O) groups excluding carboxylic acids is 1. The van der Waals surface area contributed by atoms with Crippen molar-refractivity contribution in [3.05, 3.63) is 29.8 Å². The summed E-state index contributed by atoms with van der Waals surface area (Å²) in [4.78, 5) is 11.3. The van der Waals surface area contributed by atoms with E-state index in [1.165, 1.54) is 24.3 Å². The molecule has 1 aromatic rings. The van der Waals surface area contributed by atoms with Crippen molar-refractivity contribution in [3.63, 3.8) is 0 Å². The Labute approximate surface area is 106 Å². The van der Waals surface area contributed by atoms with Gasteiger partial charge in [0.1, 0.15) is 0 Å². The minimum absolute atomic E-state index is 0.128. The summed E-state index contributed by atoms with van der Waals surface area (Å²) in [6.45, 7) is 0. The fourth-order valence-corrected chi connectivity index (χ4v) is 2.25. The maximum absolute atomic E-state index is 11.2. The average molecular weight is 292 g/mol. The van der Waals surface area contributed by atoms with Gasteiger partial charge in [-0.3, -0.25) is 4.79 Å². The average Bonchev–Trinajstić information content (AvgIpc) is 2.13. The van der Waals surface area contributed by atoms with E-state index in [0.717, 1.165) is 12.5 Å². The molecule has 0 N–H and O–H groups in total. The first kappa shape index (κ1) is 14.7. The number of sulfone groups is 1. The molecule has 0 aromatic heterocycles. The standard InChI is InChI=1S/C10H12O6S2/c1-17(12,13)9-5-3-8(4-6-9)7-10(11)16-18(2,14)15/h3-6H,7H2,1-2H3. The summed E-state index contributed by atoms with van der Waals surface area (Å²) >= 11 is 0. The molecule has 8 heteroatoms. The number of hydrogen-bond donors (Lipinski definition) is 0. The van der Waals surface area contributed by atoms with E-state index in [9.17, 15) is 21.6 Å². The lowest BCUT2D eigenvalue weighted by atomic mass is 10.2. The van der Waals surface area contributed by atoms with E-state index in [2.05, 4.69) is 4.18 Å². The third kappa shape index (κ3) is 4.84. The molecule has 1 rings (SSSR count). The molecule has 0 aliphatic heterocycles. The summed E-state index contributed by atoms with van der Waals surface area (Å²) < 4.78 is 47.9. The zero-order chi connectivity index (χ0) is 14.0. The van der Waals surface area contributed by atoms with Crippen molar-refractivity contribution in [2.24, 2.45) is 0 Å². The summed E-state index contributed by atoms with van der Waals surface area (Å²) in [5.74, 6) is -0.912. The lowest BCUT2D eigenvalue weighted by molar-refractivity contribution is -0.133. The Morgan fingerprint density at radius 2 is 1.56 bits per heavy atom. The fourth-order valence-electron chi connectivity index (χ4n) is 1.22. The van der Waals surface area contributed by atoms with Crippen LogP contribution in [0.1, 0.15) is 5.56 Å². The van der Waals surface area contributed by atoms with E-state index < -0.39 is 25.9 Å². The van der Waals surface area contributed by atoms with Crippen molar-refractivity contribution in [1.29, 1.82) is 0 Å². The maximum atomic E-state index is 11.2. The van der Waals surface area contributed by atoms with Crippen LogP contribution >= 0.6 is 0 Å². The first-order chi connectivity index (χ1) is 8.08. The molecule has 0 bridgehead atoms. The van der Waals surface area contributed by atoms with Gasteiger partial charge in [0.25, 0.3) is 0 Å². The van der Waals surface area contributed by atoms with Gasteiger partial charge in [0.05, 0.1) is 17.6 Å². The van der Waals surface area contributed by atoms with Gasteiger partial charge in [-0.05, 0) is 17.7 Å². The topological polar surface area (TPSA) is 94.6 Å². The molecular formula is C10H12O6S2. The molecule has 0 aliphatic rings. The highest BCUT2D eigenvalue weighted by molar-refractivity contribution is 7.90. The highest BCUT2D eigenvalue weighted by Crippen LogP contribution is 2.11. The predicted octanol–water partition coefficient (Wildman–Crippen LogP) is 0.135. The molecule has 0 radical (unpaired) electrons. The number of benzene rings is 1. The summed E-state index contributed by atoms with van der Waals surface area (Å²) in [5.41, 5.74) is 0.469. The Hall–Kier alpha value is -1.41. The quantitative estimate of drug-likeness (QED) is 0.732. The van der Waals surface area contributed by atoms with Crippen molar-refractivity contribution < 1.29 is 25.8 Å². The molecule has 0 amide bonds. The minimum atomic E-state index is -3.82. The first-order valence-corrected chi connectivity index (χ1v) is 8.50. The van der Waals surface area contributed by atoms with Gasteiger partial charge >= 0.3 is 16.1 Å². The first-order valence-electron chi connectivity index (χ1n) is 4.79. The normalized spacial score (nSPS) is 12.1. The molecule has 0 saturated carbocycles. The van der Waals surface area contributed by atoms with Crippen molar-refractivity contribution in [1.82, 2.24) is 0 Å². The molecule has 0 unspecified atom stereocenters. The molecule has 0 saturated heterocycles. The van der Waals surface area contributed by atoms with Crippen LogP contribution in [-0.2, 0) is 35.4 Å². The van der Waals surface area contributed by atoms with Crippen LogP contribution in [0, 0.1) is 0 Å². The number of carbonyl (C=O) groups is 1. The second-order valence-corrected chi connectivity index (χ2v) is 7.34. The number of rotatable bonds is 4. The van der Waals surface area contributed by atoms with Gasteiger partial charge in [-0.1, -0.05) is 12.1 Å². The van der Waals surface area contributed by atoms with Crippen molar-refractivity contribution in [2.75, 3.05) is 12.5 Å². The second kappa shape index (κ2) is 5.07. The van der Waals surface area contributed by atoms with Crippen LogP contribution in [-0.4, -0.2) is 35.3 Å². The van der Waals surface area contributed by atoms with Gasteiger partial charge in [-0.2, -0.15) is 8.42 Å². The largest absolute Gasteiger partial charge is 0.345 e. The van der Waals surface area contributed by atoms with Gasteiger partial charge in [-0.15, -0.1) is 0 Å². The van der Waals surface area contributed by atoms with E-state index in [4.69, 9.17) is 0 Å². The van der Waals surface area contributed by atoms with Crippen LogP contribution in [0.3, 0.4) is 0 Å². The van der Waals surface area contributed by atoms with Crippen LogP contribution in [0.15, 0.2) is 29.2 Å². The second-order valence-electron chi connectivity index (χ2n) is 3.75. The molecule has 100 valence electrons. The summed E-state index contributed by atoms with van der Waals surface area (Å²) in [6, 6.07) is 5.55. The predicted molar refractivity (Wildman–Crippen MR) is 64.2 cm³/mol. The van der Waals surface area contributed by atoms with Gasteiger partial charge in [-0.25, -0.2) is 8.42 Å². The maximum Gasteiger partial charge on any atom is 0.326 e. The van der Waals surface area contributed by atoms with Crippen LogP contribution in [0.25, 0.3) is 0 Å². The SMILES string of the molecule is CS(=O)(=O)OC(=O)Cc1ccc(S(C)(=O)=O)cc1. The smallest absolute Gasteiger partial charge is 0.326 e. The fraction of sp³-hybridized carbons (Fsp3) is 0.300. The molecule has 0 heterocycles. The third-order valence-corrected chi connectivity index (χ3v) is 3.56. The zero-order valence-corrected chi connectivity index (χ0v) is 11.4. The Bertz CT molecular complexity index is 640. The molecular weight excluding hydrogens is 280 g/mol. The van der Waals surface area contributed by atoms with Gasteiger partial charge in [0.15, 0.2) is 9.84 Å². The van der Waals surface area contributed by atoms with E-state index in [0.29, 0.717) is 5.56 Å². The summed E-state index contributed by atoms with van der Waals surface area (Å²) in [5, 5.41) is 0.